The minimum Gasteiger partial charge on any atom is -0.478 e. The average Bonchev–Trinajstić information content (AvgIpc) is 2.31. The van der Waals surface area contributed by atoms with E-state index in [2.05, 4.69) is 21.2 Å². The van der Waals surface area contributed by atoms with E-state index in [4.69, 9.17) is 4.74 Å². The second-order valence-corrected chi connectivity index (χ2v) is 5.46. The summed E-state index contributed by atoms with van der Waals surface area (Å²) in [6.45, 7) is 2.76. The zero-order chi connectivity index (χ0) is 13.1. The average molecular weight is 314 g/mol. The first kappa shape index (κ1) is 13.4. The Bertz CT molecular complexity index is 450. The fraction of sp³-hybridized carbons (Fsp3) is 0.462. The van der Waals surface area contributed by atoms with E-state index < -0.39 is 5.97 Å². The highest BCUT2D eigenvalue weighted by atomic mass is 79.9. The van der Waals surface area contributed by atoms with Crippen LogP contribution in [-0.2, 0) is 4.74 Å². The summed E-state index contributed by atoms with van der Waals surface area (Å²) in [6, 6.07) is 5.53. The Labute approximate surface area is 114 Å². The molecule has 0 spiro atoms. The first-order chi connectivity index (χ1) is 8.56. The lowest BCUT2D eigenvalue weighted by molar-refractivity contribution is 0.0232. The SMILES string of the molecule is CC1CC(Nc2ccc(Br)cc2C(=O)O)CCO1. The van der Waals surface area contributed by atoms with Crippen LogP contribution in [0.15, 0.2) is 22.7 Å². The molecule has 98 valence electrons. The number of carbonyl (C=O) groups is 1. The Balaban J connectivity index is 2.15. The van der Waals surface area contributed by atoms with Crippen LogP contribution in [0.1, 0.15) is 30.1 Å². The number of hydrogen-bond donors (Lipinski definition) is 2. The van der Waals surface area contributed by atoms with Gasteiger partial charge in [0.1, 0.15) is 0 Å². The summed E-state index contributed by atoms with van der Waals surface area (Å²) in [5.74, 6) is -0.918. The van der Waals surface area contributed by atoms with Crippen LogP contribution in [-0.4, -0.2) is 29.8 Å². The van der Waals surface area contributed by atoms with Crippen molar-refractivity contribution in [3.05, 3.63) is 28.2 Å². The molecule has 0 saturated carbocycles. The van der Waals surface area contributed by atoms with Gasteiger partial charge in [0.05, 0.1) is 11.7 Å². The van der Waals surface area contributed by atoms with Crippen LogP contribution < -0.4 is 5.32 Å². The molecule has 0 aromatic heterocycles. The summed E-state index contributed by atoms with van der Waals surface area (Å²) in [5.41, 5.74) is 0.966. The minimum atomic E-state index is -0.918. The van der Waals surface area contributed by atoms with Crippen molar-refractivity contribution in [3.8, 4) is 0 Å². The number of halogens is 1. The molecule has 0 bridgehead atoms. The van der Waals surface area contributed by atoms with Gasteiger partial charge < -0.3 is 15.2 Å². The molecule has 2 rings (SSSR count). The lowest BCUT2D eigenvalue weighted by Crippen LogP contribution is -2.32. The molecule has 1 heterocycles. The van der Waals surface area contributed by atoms with E-state index in [0.29, 0.717) is 11.3 Å². The maximum atomic E-state index is 11.2. The second kappa shape index (κ2) is 5.71. The van der Waals surface area contributed by atoms with E-state index in [1.54, 1.807) is 12.1 Å². The van der Waals surface area contributed by atoms with Crippen LogP contribution in [0.5, 0.6) is 0 Å². The number of carboxylic acids is 1. The van der Waals surface area contributed by atoms with Gasteiger partial charge in [-0.3, -0.25) is 0 Å². The maximum Gasteiger partial charge on any atom is 0.337 e. The summed E-state index contributed by atoms with van der Waals surface area (Å²) in [5, 5.41) is 12.5. The predicted octanol–water partition coefficient (Wildman–Crippen LogP) is 3.13. The number of ether oxygens (including phenoxy) is 1. The number of hydrogen-bond acceptors (Lipinski definition) is 3. The van der Waals surface area contributed by atoms with E-state index in [0.717, 1.165) is 23.9 Å². The highest BCUT2D eigenvalue weighted by Gasteiger charge is 2.21. The number of benzene rings is 1. The standard InChI is InChI=1S/C13H16BrNO3/c1-8-6-10(4-5-18-8)15-12-3-2-9(14)7-11(12)13(16)17/h2-3,7-8,10,15H,4-6H2,1H3,(H,16,17). The van der Waals surface area contributed by atoms with Gasteiger partial charge in [-0.2, -0.15) is 0 Å². The molecule has 5 heteroatoms. The largest absolute Gasteiger partial charge is 0.478 e. The molecule has 4 nitrogen and oxygen atoms in total. The Morgan fingerprint density at radius 1 is 1.56 bits per heavy atom. The predicted molar refractivity (Wildman–Crippen MR) is 73.2 cm³/mol. The number of aromatic carboxylic acids is 1. The Hall–Kier alpha value is -1.07. The van der Waals surface area contributed by atoms with Crippen LogP contribution >= 0.6 is 15.9 Å². The molecule has 0 radical (unpaired) electrons. The smallest absolute Gasteiger partial charge is 0.337 e. The van der Waals surface area contributed by atoms with Crippen LogP contribution in [0.25, 0.3) is 0 Å². The van der Waals surface area contributed by atoms with Crippen LogP contribution in [0.3, 0.4) is 0 Å². The number of carboxylic acid groups (broad SMARTS) is 1. The van der Waals surface area contributed by atoms with Crippen molar-refractivity contribution in [3.63, 3.8) is 0 Å². The molecular formula is C13H16BrNO3. The zero-order valence-electron chi connectivity index (χ0n) is 10.1. The van der Waals surface area contributed by atoms with Gasteiger partial charge in [-0.15, -0.1) is 0 Å². The third-order valence-electron chi connectivity index (χ3n) is 3.06. The molecule has 18 heavy (non-hydrogen) atoms. The third-order valence-corrected chi connectivity index (χ3v) is 3.55. The van der Waals surface area contributed by atoms with Crippen molar-refractivity contribution >= 4 is 27.6 Å². The Morgan fingerprint density at radius 2 is 2.33 bits per heavy atom. The lowest BCUT2D eigenvalue weighted by Gasteiger charge is -2.29. The molecule has 0 amide bonds. The highest BCUT2D eigenvalue weighted by Crippen LogP contribution is 2.24. The van der Waals surface area contributed by atoms with Crippen molar-refractivity contribution in [1.29, 1.82) is 0 Å². The normalized spacial score (nSPS) is 23.7. The van der Waals surface area contributed by atoms with Gasteiger partial charge in [0, 0.05) is 22.8 Å². The van der Waals surface area contributed by atoms with Gasteiger partial charge in [0.25, 0.3) is 0 Å². The van der Waals surface area contributed by atoms with Crippen molar-refractivity contribution in [2.45, 2.75) is 31.9 Å². The highest BCUT2D eigenvalue weighted by molar-refractivity contribution is 9.10. The molecule has 1 fully saturated rings. The van der Waals surface area contributed by atoms with Gasteiger partial charge in [0.15, 0.2) is 0 Å². The van der Waals surface area contributed by atoms with E-state index in [9.17, 15) is 9.90 Å². The van der Waals surface area contributed by atoms with Crippen molar-refractivity contribution < 1.29 is 14.6 Å². The zero-order valence-corrected chi connectivity index (χ0v) is 11.7. The first-order valence-corrected chi connectivity index (χ1v) is 6.76. The van der Waals surface area contributed by atoms with E-state index >= 15 is 0 Å². The van der Waals surface area contributed by atoms with E-state index in [-0.39, 0.29) is 12.1 Å². The van der Waals surface area contributed by atoms with Gasteiger partial charge in [-0.1, -0.05) is 15.9 Å². The fourth-order valence-electron chi connectivity index (χ4n) is 2.17. The second-order valence-electron chi connectivity index (χ2n) is 4.54. The van der Waals surface area contributed by atoms with Gasteiger partial charge in [0.2, 0.25) is 0 Å². The molecule has 1 aromatic rings. The fourth-order valence-corrected chi connectivity index (χ4v) is 2.53. The topological polar surface area (TPSA) is 58.6 Å². The summed E-state index contributed by atoms with van der Waals surface area (Å²) in [6.07, 6.45) is 2.02. The molecule has 1 aliphatic rings. The molecule has 2 atom stereocenters. The lowest BCUT2D eigenvalue weighted by atomic mass is 10.0. The summed E-state index contributed by atoms with van der Waals surface area (Å²) < 4.78 is 6.25. The Kier molecular flexibility index (Phi) is 4.24. The minimum absolute atomic E-state index is 0.222. The molecule has 1 aromatic carbocycles. The third kappa shape index (κ3) is 3.23. The number of anilines is 1. The summed E-state index contributed by atoms with van der Waals surface area (Å²) >= 11 is 3.29. The molecule has 1 saturated heterocycles. The number of rotatable bonds is 3. The van der Waals surface area contributed by atoms with Gasteiger partial charge >= 0.3 is 5.97 Å². The summed E-state index contributed by atoms with van der Waals surface area (Å²) in [7, 11) is 0. The van der Waals surface area contributed by atoms with Crippen LogP contribution in [0.2, 0.25) is 0 Å². The van der Waals surface area contributed by atoms with E-state index in [1.807, 2.05) is 13.0 Å². The molecule has 0 aliphatic carbocycles. The molecule has 2 unspecified atom stereocenters. The quantitative estimate of drug-likeness (QED) is 0.900. The monoisotopic (exact) mass is 313 g/mol. The van der Waals surface area contributed by atoms with Crippen molar-refractivity contribution in [2.75, 3.05) is 11.9 Å². The Morgan fingerprint density at radius 3 is 3.00 bits per heavy atom. The van der Waals surface area contributed by atoms with Gasteiger partial charge in [-0.25, -0.2) is 4.79 Å². The first-order valence-electron chi connectivity index (χ1n) is 5.97. The van der Waals surface area contributed by atoms with Crippen LogP contribution in [0, 0.1) is 0 Å². The van der Waals surface area contributed by atoms with E-state index in [1.165, 1.54) is 0 Å². The maximum absolute atomic E-state index is 11.2. The van der Waals surface area contributed by atoms with Crippen molar-refractivity contribution in [1.82, 2.24) is 0 Å². The van der Waals surface area contributed by atoms with Crippen molar-refractivity contribution in [2.24, 2.45) is 0 Å². The van der Waals surface area contributed by atoms with Crippen LogP contribution in [0.4, 0.5) is 5.69 Å². The van der Waals surface area contributed by atoms with Gasteiger partial charge in [-0.05, 0) is 38.0 Å². The molecule has 1 aliphatic heterocycles. The summed E-state index contributed by atoms with van der Waals surface area (Å²) in [4.78, 5) is 11.2. The molecule has 2 N–H and O–H groups in total. The molecular weight excluding hydrogens is 298 g/mol. The number of nitrogens with one attached hydrogen (secondary N) is 1.